The number of rotatable bonds is 3. The number of carbonyl (C=O) groups excluding carboxylic acids is 1. The van der Waals surface area contributed by atoms with Crippen LogP contribution in [-0.4, -0.2) is 23.1 Å². The van der Waals surface area contributed by atoms with E-state index in [2.05, 4.69) is 5.32 Å². The van der Waals surface area contributed by atoms with E-state index in [9.17, 15) is 9.59 Å². The van der Waals surface area contributed by atoms with Crippen molar-refractivity contribution in [3.8, 4) is 0 Å². The molecule has 1 fully saturated rings. The first kappa shape index (κ1) is 15.5. The van der Waals surface area contributed by atoms with Crippen LogP contribution in [0.25, 0.3) is 11.1 Å². The smallest absolute Gasteiger partial charge is 0.408 e. The van der Waals surface area contributed by atoms with E-state index in [1.165, 1.54) is 10.1 Å². The normalized spacial score (nSPS) is 17.4. The Bertz CT molecular complexity index is 1000. The van der Waals surface area contributed by atoms with Gasteiger partial charge in [-0.15, -0.1) is 0 Å². The number of nitrogens with one attached hydrogen (secondary N) is 1. The highest BCUT2D eigenvalue weighted by Crippen LogP contribution is 2.25. The van der Waals surface area contributed by atoms with Crippen molar-refractivity contribution in [2.24, 2.45) is 7.05 Å². The van der Waals surface area contributed by atoms with Crippen molar-refractivity contribution in [2.45, 2.75) is 19.4 Å². The second-order valence-electron chi connectivity index (χ2n) is 6.42. The number of nitrogens with zero attached hydrogens (tertiary/aromatic N) is 2. The summed E-state index contributed by atoms with van der Waals surface area (Å²) >= 11 is 0. The molecule has 0 bridgehead atoms. The van der Waals surface area contributed by atoms with Crippen LogP contribution in [-0.2, 0) is 11.8 Å². The van der Waals surface area contributed by atoms with Gasteiger partial charge in [0.2, 0.25) is 5.91 Å². The lowest BCUT2D eigenvalue weighted by molar-refractivity contribution is -0.117. The number of aryl methyl sites for hydroxylation is 2. The van der Waals surface area contributed by atoms with Crippen LogP contribution in [0.15, 0.2) is 51.7 Å². The van der Waals surface area contributed by atoms with E-state index in [0.717, 1.165) is 23.3 Å². The van der Waals surface area contributed by atoms with Gasteiger partial charge < -0.3 is 14.6 Å². The third-order valence-corrected chi connectivity index (χ3v) is 4.68. The van der Waals surface area contributed by atoms with Crippen LogP contribution in [0.3, 0.4) is 0 Å². The minimum atomic E-state index is -0.394. The van der Waals surface area contributed by atoms with Gasteiger partial charge in [0.05, 0.1) is 5.52 Å². The Morgan fingerprint density at radius 2 is 1.88 bits per heavy atom. The highest BCUT2D eigenvalue weighted by Gasteiger charge is 2.32. The number of oxazole rings is 1. The van der Waals surface area contributed by atoms with Crippen LogP contribution in [0.1, 0.15) is 12.0 Å². The zero-order valence-corrected chi connectivity index (χ0v) is 14.2. The SMILES string of the molecule is Cc1ccc(N2CC[C@@H](Nc3ccc4c(c3)oc(=O)n4C)C2=O)cc1. The monoisotopic (exact) mass is 337 g/mol. The maximum atomic E-state index is 12.7. The molecule has 0 spiro atoms. The molecule has 6 nitrogen and oxygen atoms in total. The number of benzene rings is 2. The second-order valence-corrected chi connectivity index (χ2v) is 6.42. The van der Waals surface area contributed by atoms with E-state index >= 15 is 0 Å². The van der Waals surface area contributed by atoms with Gasteiger partial charge in [-0.25, -0.2) is 4.79 Å². The zero-order chi connectivity index (χ0) is 17.6. The lowest BCUT2D eigenvalue weighted by Crippen LogP contribution is -2.33. The van der Waals surface area contributed by atoms with Gasteiger partial charge in [-0.05, 0) is 37.6 Å². The molecule has 0 unspecified atom stereocenters. The molecule has 0 saturated carbocycles. The number of amides is 1. The fraction of sp³-hybridized carbons (Fsp3) is 0.263. The Labute approximate surface area is 144 Å². The van der Waals surface area contributed by atoms with Gasteiger partial charge in [0.1, 0.15) is 6.04 Å². The first-order chi connectivity index (χ1) is 12.0. The Kier molecular flexibility index (Phi) is 3.60. The number of fused-ring (bicyclic) bond motifs is 1. The number of hydrogen-bond acceptors (Lipinski definition) is 4. The summed E-state index contributed by atoms with van der Waals surface area (Å²) < 4.78 is 6.66. The summed E-state index contributed by atoms with van der Waals surface area (Å²) in [5, 5.41) is 3.26. The molecule has 0 radical (unpaired) electrons. The predicted octanol–water partition coefficient (Wildman–Crippen LogP) is 2.66. The van der Waals surface area contributed by atoms with Crippen LogP contribution in [0, 0.1) is 6.92 Å². The molecule has 1 aromatic heterocycles. The average Bonchev–Trinajstić information content (AvgIpc) is 3.09. The minimum absolute atomic E-state index is 0.0541. The highest BCUT2D eigenvalue weighted by atomic mass is 16.4. The van der Waals surface area contributed by atoms with E-state index in [4.69, 9.17) is 4.42 Å². The first-order valence-electron chi connectivity index (χ1n) is 8.27. The maximum absolute atomic E-state index is 12.7. The molecule has 1 amide bonds. The second kappa shape index (κ2) is 5.81. The molecule has 25 heavy (non-hydrogen) atoms. The third kappa shape index (κ3) is 2.69. The van der Waals surface area contributed by atoms with Crippen LogP contribution >= 0.6 is 0 Å². The maximum Gasteiger partial charge on any atom is 0.419 e. The summed E-state index contributed by atoms with van der Waals surface area (Å²) in [5.74, 6) is -0.340. The van der Waals surface area contributed by atoms with Crippen molar-refractivity contribution in [3.05, 3.63) is 58.6 Å². The largest absolute Gasteiger partial charge is 0.419 e. The fourth-order valence-corrected chi connectivity index (χ4v) is 3.22. The molecule has 4 rings (SSSR count). The lowest BCUT2D eigenvalue weighted by Gasteiger charge is -2.18. The summed E-state index contributed by atoms with van der Waals surface area (Å²) in [6.45, 7) is 2.71. The van der Waals surface area contributed by atoms with Crippen molar-refractivity contribution in [1.82, 2.24) is 4.57 Å². The van der Waals surface area contributed by atoms with Crippen LogP contribution in [0.5, 0.6) is 0 Å². The molecule has 6 heteroatoms. The lowest BCUT2D eigenvalue weighted by atomic mass is 10.2. The van der Waals surface area contributed by atoms with Gasteiger partial charge in [-0.3, -0.25) is 9.36 Å². The number of aromatic nitrogens is 1. The van der Waals surface area contributed by atoms with Gasteiger partial charge in [-0.2, -0.15) is 0 Å². The summed E-state index contributed by atoms with van der Waals surface area (Å²) in [6.07, 6.45) is 0.726. The fourth-order valence-electron chi connectivity index (χ4n) is 3.22. The molecule has 128 valence electrons. The van der Waals surface area contributed by atoms with E-state index < -0.39 is 5.76 Å². The Balaban J connectivity index is 1.54. The molecule has 0 aliphatic carbocycles. The molecule has 2 heterocycles. The Morgan fingerprint density at radius 3 is 2.64 bits per heavy atom. The van der Waals surface area contributed by atoms with Gasteiger partial charge in [0, 0.05) is 31.0 Å². The number of anilines is 2. The van der Waals surface area contributed by atoms with Crippen molar-refractivity contribution >= 4 is 28.4 Å². The average molecular weight is 337 g/mol. The third-order valence-electron chi connectivity index (χ3n) is 4.68. The molecule has 3 aromatic rings. The summed E-state index contributed by atoms with van der Waals surface area (Å²) in [5.41, 5.74) is 4.10. The molecule has 1 aliphatic rings. The minimum Gasteiger partial charge on any atom is -0.408 e. The van der Waals surface area contributed by atoms with Crippen LogP contribution < -0.4 is 16.0 Å². The summed E-state index contributed by atoms with van der Waals surface area (Å²) in [6, 6.07) is 13.1. The molecule has 1 atom stereocenters. The molecular weight excluding hydrogens is 318 g/mol. The van der Waals surface area contributed by atoms with Crippen molar-refractivity contribution < 1.29 is 9.21 Å². The summed E-state index contributed by atoms with van der Waals surface area (Å²) in [7, 11) is 1.67. The highest BCUT2D eigenvalue weighted by molar-refractivity contribution is 6.01. The van der Waals surface area contributed by atoms with E-state index in [1.54, 1.807) is 18.0 Å². The van der Waals surface area contributed by atoms with E-state index in [-0.39, 0.29) is 11.9 Å². The number of carbonyl (C=O) groups is 1. The first-order valence-corrected chi connectivity index (χ1v) is 8.27. The quantitative estimate of drug-likeness (QED) is 0.798. The van der Waals surface area contributed by atoms with Gasteiger partial charge in [0.25, 0.3) is 0 Å². The predicted molar refractivity (Wildman–Crippen MR) is 97.0 cm³/mol. The van der Waals surface area contributed by atoms with Crippen molar-refractivity contribution in [2.75, 3.05) is 16.8 Å². The zero-order valence-electron chi connectivity index (χ0n) is 14.2. The van der Waals surface area contributed by atoms with Crippen LogP contribution in [0.4, 0.5) is 11.4 Å². The van der Waals surface area contributed by atoms with Crippen molar-refractivity contribution in [3.63, 3.8) is 0 Å². The molecule has 2 aromatic carbocycles. The van der Waals surface area contributed by atoms with Gasteiger partial charge >= 0.3 is 5.76 Å². The Hall–Kier alpha value is -3.02. The van der Waals surface area contributed by atoms with Gasteiger partial charge in [-0.1, -0.05) is 17.7 Å². The number of hydrogen-bond donors (Lipinski definition) is 1. The van der Waals surface area contributed by atoms with Crippen molar-refractivity contribution in [1.29, 1.82) is 0 Å². The van der Waals surface area contributed by atoms with E-state index in [1.807, 2.05) is 43.3 Å². The molecule has 1 N–H and O–H groups in total. The molecule has 1 saturated heterocycles. The molecule has 1 aliphatic heterocycles. The molecular formula is C19H19N3O3. The van der Waals surface area contributed by atoms with Gasteiger partial charge in [0.15, 0.2) is 5.58 Å². The standard InChI is InChI=1S/C19H19N3O3/c1-12-3-6-14(7-4-12)22-10-9-15(18(22)23)20-13-5-8-16-17(11-13)25-19(24)21(16)2/h3-8,11,15,20H,9-10H2,1-2H3/t15-/m1/s1. The topological polar surface area (TPSA) is 67.5 Å². The van der Waals surface area contributed by atoms with Crippen LogP contribution in [0.2, 0.25) is 0 Å². The van der Waals surface area contributed by atoms with E-state index in [0.29, 0.717) is 12.1 Å². The summed E-state index contributed by atoms with van der Waals surface area (Å²) in [4.78, 5) is 26.1. The Morgan fingerprint density at radius 1 is 1.12 bits per heavy atom.